The number of anilines is 2. The van der Waals surface area contributed by atoms with Crippen LogP contribution in [0.25, 0.3) is 0 Å². The maximum Gasteiger partial charge on any atom is 0.419 e. The number of thiol groups is 1. The lowest BCUT2D eigenvalue weighted by Crippen LogP contribution is -2.44. The van der Waals surface area contributed by atoms with Crippen molar-refractivity contribution in [3.05, 3.63) is 53.6 Å². The fraction of sp³-hybridized carbons (Fsp3) is 0.278. The second-order valence-corrected chi connectivity index (χ2v) is 7.09. The average Bonchev–Trinajstić information content (AvgIpc) is 2.78. The smallest absolute Gasteiger partial charge is 0.328 e. The van der Waals surface area contributed by atoms with Gasteiger partial charge in [0.1, 0.15) is 17.4 Å². The second-order valence-electron chi connectivity index (χ2n) is 6.63. The minimum Gasteiger partial charge on any atom is -0.328 e. The minimum atomic E-state index is -4.82. The van der Waals surface area contributed by atoms with Gasteiger partial charge in [0.25, 0.3) is 5.91 Å². The lowest BCUT2D eigenvalue weighted by Gasteiger charge is -2.33. The quantitative estimate of drug-likeness (QED) is 0.602. The van der Waals surface area contributed by atoms with Crippen molar-refractivity contribution in [2.75, 3.05) is 9.80 Å². The van der Waals surface area contributed by atoms with E-state index in [1.165, 1.54) is 29.2 Å². The van der Waals surface area contributed by atoms with Crippen LogP contribution in [0.2, 0.25) is 0 Å². The molecular formula is C18H14F4N4OS. The van der Waals surface area contributed by atoms with E-state index in [1.807, 2.05) is 0 Å². The van der Waals surface area contributed by atoms with Crippen LogP contribution in [0.4, 0.5) is 28.9 Å². The largest absolute Gasteiger partial charge is 0.419 e. The third-order valence-electron chi connectivity index (χ3n) is 4.46. The Morgan fingerprint density at radius 2 is 1.93 bits per heavy atom. The fourth-order valence-electron chi connectivity index (χ4n) is 3.13. The Morgan fingerprint density at radius 1 is 1.25 bits per heavy atom. The van der Waals surface area contributed by atoms with E-state index in [4.69, 9.17) is 5.26 Å². The van der Waals surface area contributed by atoms with Crippen LogP contribution in [0, 0.1) is 17.1 Å². The van der Waals surface area contributed by atoms with Crippen LogP contribution in [0.3, 0.4) is 0 Å². The number of hydrogen-bond acceptors (Lipinski definition) is 5. The molecule has 2 aromatic rings. The van der Waals surface area contributed by atoms with E-state index in [9.17, 15) is 22.4 Å². The predicted octanol–water partition coefficient (Wildman–Crippen LogP) is 3.96. The zero-order valence-electron chi connectivity index (χ0n) is 14.7. The molecule has 3 rings (SSSR count). The number of nitriles is 1. The van der Waals surface area contributed by atoms with Gasteiger partial charge in [-0.2, -0.15) is 18.4 Å². The van der Waals surface area contributed by atoms with Crippen LogP contribution in [0.5, 0.6) is 0 Å². The maximum atomic E-state index is 13.7. The number of nitrogens with zero attached hydrogens (tertiary/aromatic N) is 4. The fourth-order valence-corrected chi connectivity index (χ4v) is 3.79. The summed E-state index contributed by atoms with van der Waals surface area (Å²) in [7, 11) is 0. The maximum absolute atomic E-state index is 13.7. The highest BCUT2D eigenvalue weighted by Crippen LogP contribution is 2.41. The molecule has 28 heavy (non-hydrogen) atoms. The van der Waals surface area contributed by atoms with Gasteiger partial charge in [-0.1, -0.05) is 6.07 Å². The molecule has 1 aromatic carbocycles. The number of aromatic nitrogens is 1. The average molecular weight is 410 g/mol. The number of alkyl halides is 3. The van der Waals surface area contributed by atoms with Crippen LogP contribution in [0.15, 0.2) is 36.5 Å². The zero-order chi connectivity index (χ0) is 20.9. The van der Waals surface area contributed by atoms with Gasteiger partial charge in [0, 0.05) is 5.69 Å². The Kier molecular flexibility index (Phi) is 4.75. The highest BCUT2D eigenvalue weighted by molar-refractivity contribution is 7.81. The van der Waals surface area contributed by atoms with Crippen molar-refractivity contribution in [1.82, 2.24) is 4.98 Å². The second kappa shape index (κ2) is 6.67. The number of rotatable bonds is 2. The number of benzene rings is 1. The number of carbonyl (C=O) groups is 1. The molecule has 2 heterocycles. The first-order chi connectivity index (χ1) is 13.0. The van der Waals surface area contributed by atoms with Gasteiger partial charge >= 0.3 is 6.18 Å². The summed E-state index contributed by atoms with van der Waals surface area (Å²) in [5.74, 6) is -1.07. The van der Waals surface area contributed by atoms with E-state index >= 15 is 0 Å². The van der Waals surface area contributed by atoms with Gasteiger partial charge < -0.3 is 4.90 Å². The summed E-state index contributed by atoms with van der Waals surface area (Å²) in [6.45, 7) is 3.12. The first-order valence-corrected chi connectivity index (χ1v) is 8.54. The zero-order valence-corrected chi connectivity index (χ0v) is 15.6. The molecule has 1 aliphatic heterocycles. The number of carbonyl (C=O) groups excluding carboxylic acids is 1. The predicted molar refractivity (Wildman–Crippen MR) is 97.2 cm³/mol. The first kappa shape index (κ1) is 19.9. The molecule has 1 aromatic heterocycles. The summed E-state index contributed by atoms with van der Waals surface area (Å²) in [6, 6.07) is 7.56. The summed E-state index contributed by atoms with van der Waals surface area (Å²) >= 11 is 4.40. The number of hydrogen-bond donors (Lipinski definition) is 1. The Labute approximate surface area is 163 Å². The third kappa shape index (κ3) is 3.16. The summed E-state index contributed by atoms with van der Waals surface area (Å²) < 4.78 is 53.5. The van der Waals surface area contributed by atoms with Crippen LogP contribution in [-0.4, -0.2) is 21.9 Å². The van der Waals surface area contributed by atoms with Gasteiger partial charge in [0.2, 0.25) is 0 Å². The monoisotopic (exact) mass is 410 g/mol. The first-order valence-electron chi connectivity index (χ1n) is 8.02. The van der Waals surface area contributed by atoms with Crippen LogP contribution < -0.4 is 9.80 Å². The Hall–Kier alpha value is -2.80. The van der Waals surface area contributed by atoms with Gasteiger partial charge in [0.05, 0.1) is 17.4 Å². The van der Waals surface area contributed by atoms with Gasteiger partial charge in [-0.3, -0.25) is 9.69 Å². The van der Waals surface area contributed by atoms with E-state index in [0.29, 0.717) is 11.8 Å². The summed E-state index contributed by atoms with van der Waals surface area (Å²) in [5.41, 5.74) is -4.09. The lowest BCUT2D eigenvalue weighted by molar-refractivity contribution is -0.138. The molecule has 0 radical (unpaired) electrons. The van der Waals surface area contributed by atoms with Crippen LogP contribution in [-0.2, 0) is 11.0 Å². The molecule has 1 aliphatic rings. The third-order valence-corrected chi connectivity index (χ3v) is 4.92. The standard InChI is InChI=1S/C18H14F4N4OS/c1-17(2)15(27)25(16(28)26(17)11-5-3-4-10(19)6-11)12-7-13(18(20,21)22)14(8-23)24-9-12/h3-7,9,16,28H,1-2H3. The summed E-state index contributed by atoms with van der Waals surface area (Å²) in [5, 5.41) is 8.89. The van der Waals surface area contributed by atoms with Gasteiger partial charge in [0.15, 0.2) is 11.2 Å². The van der Waals surface area contributed by atoms with Crippen molar-refractivity contribution in [3.8, 4) is 6.07 Å². The van der Waals surface area contributed by atoms with Gasteiger partial charge in [-0.15, -0.1) is 12.6 Å². The van der Waals surface area contributed by atoms with Crippen molar-refractivity contribution in [2.24, 2.45) is 0 Å². The summed E-state index contributed by atoms with van der Waals surface area (Å²) in [4.78, 5) is 19.1. The van der Waals surface area contributed by atoms with E-state index in [2.05, 4.69) is 17.6 Å². The molecule has 10 heteroatoms. The lowest BCUT2D eigenvalue weighted by atomic mass is 10.0. The number of halogens is 4. The van der Waals surface area contributed by atoms with Crippen molar-refractivity contribution in [2.45, 2.75) is 31.1 Å². The molecule has 0 N–H and O–H groups in total. The van der Waals surface area contributed by atoms with E-state index in [1.54, 1.807) is 19.9 Å². The Balaban J connectivity index is 2.11. The topological polar surface area (TPSA) is 60.2 Å². The van der Waals surface area contributed by atoms with E-state index in [0.717, 1.165) is 11.1 Å². The molecule has 5 nitrogen and oxygen atoms in total. The number of amides is 1. The highest BCUT2D eigenvalue weighted by atomic mass is 32.1. The number of pyridine rings is 1. The van der Waals surface area contributed by atoms with Crippen molar-refractivity contribution < 1.29 is 22.4 Å². The van der Waals surface area contributed by atoms with Gasteiger partial charge in [-0.25, -0.2) is 9.37 Å². The molecule has 0 bridgehead atoms. The van der Waals surface area contributed by atoms with Crippen molar-refractivity contribution in [1.29, 1.82) is 5.26 Å². The van der Waals surface area contributed by atoms with Gasteiger partial charge in [-0.05, 0) is 38.1 Å². The molecule has 0 saturated carbocycles. The minimum absolute atomic E-state index is 0.164. The molecule has 0 spiro atoms. The van der Waals surface area contributed by atoms with Crippen LogP contribution >= 0.6 is 12.6 Å². The normalized spacial score (nSPS) is 19.1. The molecule has 1 amide bonds. The van der Waals surface area contributed by atoms with Crippen molar-refractivity contribution >= 4 is 29.9 Å². The molecule has 1 fully saturated rings. The molecule has 0 aliphatic carbocycles. The Bertz CT molecular complexity index is 986. The molecule has 1 saturated heterocycles. The van der Waals surface area contributed by atoms with E-state index < -0.39 is 40.2 Å². The van der Waals surface area contributed by atoms with Crippen LogP contribution in [0.1, 0.15) is 25.1 Å². The molecular weight excluding hydrogens is 396 g/mol. The van der Waals surface area contributed by atoms with E-state index in [-0.39, 0.29) is 5.69 Å². The molecule has 1 atom stereocenters. The molecule has 1 unspecified atom stereocenters. The summed E-state index contributed by atoms with van der Waals surface area (Å²) in [6.07, 6.45) is -3.80. The SMILES string of the molecule is CC1(C)C(=O)N(c2cnc(C#N)c(C(F)(F)F)c2)C(S)N1c1cccc(F)c1. The highest BCUT2D eigenvalue weighted by Gasteiger charge is 2.51. The molecule has 146 valence electrons. The Morgan fingerprint density at radius 3 is 2.50 bits per heavy atom. The van der Waals surface area contributed by atoms with Crippen molar-refractivity contribution in [3.63, 3.8) is 0 Å².